The van der Waals surface area contributed by atoms with E-state index in [-0.39, 0.29) is 42.1 Å². The van der Waals surface area contributed by atoms with Crippen LogP contribution >= 0.6 is 0 Å². The number of amides is 3. The van der Waals surface area contributed by atoms with Gasteiger partial charge in [-0.15, -0.1) is 0 Å². The monoisotopic (exact) mass is 444 g/mol. The summed E-state index contributed by atoms with van der Waals surface area (Å²) in [5.41, 5.74) is 0.873. The van der Waals surface area contributed by atoms with E-state index >= 15 is 0 Å². The van der Waals surface area contributed by atoms with Crippen LogP contribution < -0.4 is 16.0 Å². The number of rotatable bonds is 6. The standard InChI is InChI=1S/C24H36N4O4/c1-16(29)25-20-14-18(27-24(2,3)4)10-11-21(20)28-13-12-19(22(28)30)26-23(31)32-15-17-8-6-5-7-9-17/h5-9,18-21,27H,10-15H2,1-4H3,(H,25,29)(H,26,31)/t18-,19+,20-,21+/m1/s1. The number of nitrogens with one attached hydrogen (secondary N) is 3. The first-order chi connectivity index (χ1) is 15.1. The molecule has 2 aliphatic rings. The van der Waals surface area contributed by atoms with Crippen LogP contribution in [0.5, 0.6) is 0 Å². The summed E-state index contributed by atoms with van der Waals surface area (Å²) in [6.45, 7) is 8.61. The molecule has 176 valence electrons. The van der Waals surface area contributed by atoms with Gasteiger partial charge in [0.25, 0.3) is 0 Å². The van der Waals surface area contributed by atoms with E-state index in [9.17, 15) is 14.4 Å². The van der Waals surface area contributed by atoms with Crippen molar-refractivity contribution in [2.75, 3.05) is 6.54 Å². The molecule has 1 aliphatic heterocycles. The summed E-state index contributed by atoms with van der Waals surface area (Å²) in [4.78, 5) is 39.0. The smallest absolute Gasteiger partial charge is 0.408 e. The Kier molecular flexibility index (Phi) is 7.77. The van der Waals surface area contributed by atoms with Crippen molar-refractivity contribution < 1.29 is 19.1 Å². The maximum Gasteiger partial charge on any atom is 0.408 e. The van der Waals surface area contributed by atoms with Crippen LogP contribution in [0.25, 0.3) is 0 Å². The fourth-order valence-corrected chi connectivity index (χ4v) is 4.76. The highest BCUT2D eigenvalue weighted by atomic mass is 16.5. The minimum Gasteiger partial charge on any atom is -0.445 e. The fraction of sp³-hybridized carbons (Fsp3) is 0.625. The van der Waals surface area contributed by atoms with Gasteiger partial charge in [0.05, 0.1) is 12.1 Å². The molecule has 8 nitrogen and oxygen atoms in total. The second kappa shape index (κ2) is 10.3. The molecule has 1 heterocycles. The van der Waals surface area contributed by atoms with Crippen molar-refractivity contribution in [3.05, 3.63) is 35.9 Å². The first-order valence-electron chi connectivity index (χ1n) is 11.4. The quantitative estimate of drug-likeness (QED) is 0.625. The lowest BCUT2D eigenvalue weighted by Crippen LogP contribution is -2.59. The van der Waals surface area contributed by atoms with Gasteiger partial charge >= 0.3 is 6.09 Å². The molecule has 8 heteroatoms. The number of nitrogens with zero attached hydrogens (tertiary/aromatic N) is 1. The Hall–Kier alpha value is -2.61. The van der Waals surface area contributed by atoms with Crippen LogP contribution in [-0.4, -0.2) is 59.1 Å². The molecule has 0 unspecified atom stereocenters. The molecule has 1 aromatic rings. The Morgan fingerprint density at radius 1 is 1.09 bits per heavy atom. The van der Waals surface area contributed by atoms with E-state index in [1.54, 1.807) is 0 Å². The summed E-state index contributed by atoms with van der Waals surface area (Å²) < 4.78 is 5.27. The summed E-state index contributed by atoms with van der Waals surface area (Å²) in [5, 5.41) is 9.38. The summed E-state index contributed by atoms with van der Waals surface area (Å²) >= 11 is 0. The highest BCUT2D eigenvalue weighted by Gasteiger charge is 2.43. The first-order valence-corrected chi connectivity index (χ1v) is 11.4. The highest BCUT2D eigenvalue weighted by molar-refractivity contribution is 5.88. The number of alkyl carbamates (subject to hydrolysis) is 1. The first kappa shape index (κ1) is 24.0. The lowest BCUT2D eigenvalue weighted by Gasteiger charge is -2.43. The van der Waals surface area contributed by atoms with Crippen molar-refractivity contribution in [3.63, 3.8) is 0 Å². The van der Waals surface area contributed by atoms with Crippen molar-refractivity contribution in [2.45, 2.75) is 89.7 Å². The Labute approximate surface area is 190 Å². The molecule has 0 aromatic heterocycles. The van der Waals surface area contributed by atoms with Crippen LogP contribution in [0.15, 0.2) is 30.3 Å². The molecule has 1 saturated heterocycles. The Balaban J connectivity index is 1.56. The maximum absolute atomic E-state index is 13.1. The van der Waals surface area contributed by atoms with Crippen molar-refractivity contribution in [3.8, 4) is 0 Å². The molecule has 3 amide bonds. The molecular formula is C24H36N4O4. The average Bonchev–Trinajstić information content (AvgIpc) is 3.06. The molecule has 1 aromatic carbocycles. The number of benzene rings is 1. The van der Waals surface area contributed by atoms with Gasteiger partial charge < -0.3 is 25.6 Å². The number of likely N-dealkylation sites (tertiary alicyclic amines) is 1. The molecule has 1 saturated carbocycles. The van der Waals surface area contributed by atoms with Crippen molar-refractivity contribution in [1.29, 1.82) is 0 Å². The van der Waals surface area contributed by atoms with Crippen LogP contribution in [0.1, 0.15) is 58.9 Å². The number of hydrogen-bond donors (Lipinski definition) is 3. The van der Waals surface area contributed by atoms with Gasteiger partial charge in [0, 0.05) is 25.0 Å². The molecule has 3 N–H and O–H groups in total. The van der Waals surface area contributed by atoms with Crippen LogP contribution in [-0.2, 0) is 20.9 Å². The Morgan fingerprint density at radius 2 is 1.81 bits per heavy atom. The van der Waals surface area contributed by atoms with Gasteiger partial charge in [0.15, 0.2) is 0 Å². The fourth-order valence-electron chi connectivity index (χ4n) is 4.76. The van der Waals surface area contributed by atoms with Gasteiger partial charge in [-0.05, 0) is 52.0 Å². The molecule has 0 spiro atoms. The van der Waals surface area contributed by atoms with Gasteiger partial charge in [0.1, 0.15) is 12.6 Å². The molecule has 4 atom stereocenters. The van der Waals surface area contributed by atoms with Crippen LogP contribution in [0.2, 0.25) is 0 Å². The Morgan fingerprint density at radius 3 is 2.47 bits per heavy atom. The number of hydrogen-bond acceptors (Lipinski definition) is 5. The van der Waals surface area contributed by atoms with E-state index < -0.39 is 12.1 Å². The topological polar surface area (TPSA) is 99.8 Å². The lowest BCUT2D eigenvalue weighted by molar-refractivity contribution is -0.133. The third-order valence-electron chi connectivity index (χ3n) is 5.98. The number of carbonyl (C=O) groups excluding carboxylic acids is 3. The summed E-state index contributed by atoms with van der Waals surface area (Å²) in [7, 11) is 0. The molecule has 32 heavy (non-hydrogen) atoms. The maximum atomic E-state index is 13.1. The predicted molar refractivity (Wildman–Crippen MR) is 122 cm³/mol. The highest BCUT2D eigenvalue weighted by Crippen LogP contribution is 2.28. The van der Waals surface area contributed by atoms with E-state index in [0.717, 1.165) is 24.8 Å². The summed E-state index contributed by atoms with van der Waals surface area (Å²) in [5.74, 6) is -0.202. The van der Waals surface area contributed by atoms with Gasteiger partial charge in [-0.25, -0.2) is 4.79 Å². The molecule has 0 bridgehead atoms. The van der Waals surface area contributed by atoms with Gasteiger partial charge in [0.2, 0.25) is 11.8 Å². The van der Waals surface area contributed by atoms with Gasteiger partial charge in [-0.3, -0.25) is 9.59 Å². The molecular weight excluding hydrogens is 408 g/mol. The summed E-state index contributed by atoms with van der Waals surface area (Å²) in [6, 6.07) is 8.91. The third-order valence-corrected chi connectivity index (χ3v) is 5.98. The molecule has 0 radical (unpaired) electrons. The lowest BCUT2D eigenvalue weighted by atomic mass is 9.84. The van der Waals surface area contributed by atoms with Crippen LogP contribution in [0.4, 0.5) is 4.79 Å². The van der Waals surface area contributed by atoms with E-state index in [1.807, 2.05) is 35.2 Å². The van der Waals surface area contributed by atoms with E-state index in [4.69, 9.17) is 4.74 Å². The van der Waals surface area contributed by atoms with Gasteiger partial charge in [-0.2, -0.15) is 0 Å². The van der Waals surface area contributed by atoms with Crippen LogP contribution in [0.3, 0.4) is 0 Å². The van der Waals surface area contributed by atoms with Crippen molar-refractivity contribution in [2.24, 2.45) is 0 Å². The second-order valence-electron chi connectivity index (χ2n) is 9.86. The zero-order chi connectivity index (χ0) is 23.3. The van der Waals surface area contributed by atoms with E-state index in [1.165, 1.54) is 6.92 Å². The minimum absolute atomic E-state index is 0.0170. The summed E-state index contributed by atoms with van der Waals surface area (Å²) in [6.07, 6.45) is 2.44. The molecule has 2 fully saturated rings. The minimum atomic E-state index is -0.596. The van der Waals surface area contributed by atoms with Crippen molar-refractivity contribution in [1.82, 2.24) is 20.9 Å². The molecule has 1 aliphatic carbocycles. The average molecular weight is 445 g/mol. The number of ether oxygens (including phenoxy) is 1. The zero-order valence-electron chi connectivity index (χ0n) is 19.5. The third kappa shape index (κ3) is 6.69. The predicted octanol–water partition coefficient (Wildman–Crippen LogP) is 2.33. The zero-order valence-corrected chi connectivity index (χ0v) is 19.5. The Bertz CT molecular complexity index is 808. The van der Waals surface area contributed by atoms with Crippen LogP contribution in [0, 0.1) is 0 Å². The van der Waals surface area contributed by atoms with E-state index in [0.29, 0.717) is 13.0 Å². The van der Waals surface area contributed by atoms with Gasteiger partial charge in [-0.1, -0.05) is 30.3 Å². The second-order valence-corrected chi connectivity index (χ2v) is 9.86. The van der Waals surface area contributed by atoms with E-state index in [2.05, 4.69) is 36.7 Å². The normalized spacial score (nSPS) is 26.0. The number of carbonyl (C=O) groups is 3. The molecule has 3 rings (SSSR count). The SMILES string of the molecule is CC(=O)N[C@@H]1C[C@H](NC(C)(C)C)CC[C@@H]1N1CC[C@H](NC(=O)OCc2ccccc2)C1=O. The largest absolute Gasteiger partial charge is 0.445 e. The van der Waals surface area contributed by atoms with Crippen molar-refractivity contribution >= 4 is 17.9 Å².